The molecule has 3 aromatic rings. The number of fused-ring (bicyclic) bond motifs is 1. The molecule has 2 aromatic carbocycles. The summed E-state index contributed by atoms with van der Waals surface area (Å²) in [7, 11) is -3.66. The first-order valence-corrected chi connectivity index (χ1v) is 8.31. The Hall–Kier alpha value is -2.34. The van der Waals surface area contributed by atoms with Gasteiger partial charge in [0.15, 0.2) is 11.5 Å². The molecule has 1 heterocycles. The van der Waals surface area contributed by atoms with Gasteiger partial charge in [-0.05, 0) is 55.3 Å². The highest BCUT2D eigenvalue weighted by Crippen LogP contribution is 2.22. The van der Waals surface area contributed by atoms with Crippen molar-refractivity contribution in [1.29, 1.82) is 0 Å². The fraction of sp³-hybridized carbons (Fsp3) is 0.188. The van der Waals surface area contributed by atoms with E-state index in [1.54, 1.807) is 19.1 Å². The second-order valence-corrected chi connectivity index (χ2v) is 6.95. The summed E-state index contributed by atoms with van der Waals surface area (Å²) in [6.45, 7) is 5.65. The van der Waals surface area contributed by atoms with Gasteiger partial charge in [-0.1, -0.05) is 6.07 Å². The van der Waals surface area contributed by atoms with Crippen LogP contribution in [0.2, 0.25) is 0 Å². The maximum Gasteiger partial charge on any atom is 0.261 e. The highest BCUT2D eigenvalue weighted by molar-refractivity contribution is 7.92. The predicted molar refractivity (Wildman–Crippen MR) is 85.5 cm³/mol. The molecule has 0 fully saturated rings. The monoisotopic (exact) mass is 316 g/mol. The van der Waals surface area contributed by atoms with E-state index in [1.807, 2.05) is 26.0 Å². The van der Waals surface area contributed by atoms with Crippen molar-refractivity contribution in [2.75, 3.05) is 4.72 Å². The van der Waals surface area contributed by atoms with Crippen molar-refractivity contribution in [3.05, 3.63) is 53.4 Å². The minimum Gasteiger partial charge on any atom is -0.441 e. The molecular weight excluding hydrogens is 300 g/mol. The zero-order valence-corrected chi connectivity index (χ0v) is 13.4. The first kappa shape index (κ1) is 14.6. The number of nitrogens with one attached hydrogen (secondary N) is 1. The van der Waals surface area contributed by atoms with Crippen LogP contribution in [0.15, 0.2) is 45.7 Å². The van der Waals surface area contributed by atoms with Gasteiger partial charge in [-0.25, -0.2) is 13.4 Å². The van der Waals surface area contributed by atoms with Gasteiger partial charge in [-0.15, -0.1) is 0 Å². The van der Waals surface area contributed by atoms with E-state index in [1.165, 1.54) is 12.1 Å². The van der Waals surface area contributed by atoms with E-state index >= 15 is 0 Å². The molecule has 0 unspecified atom stereocenters. The number of hydrogen-bond donors (Lipinski definition) is 1. The van der Waals surface area contributed by atoms with E-state index in [4.69, 9.17) is 4.42 Å². The lowest BCUT2D eigenvalue weighted by Crippen LogP contribution is -2.13. The van der Waals surface area contributed by atoms with Crippen molar-refractivity contribution < 1.29 is 12.8 Å². The van der Waals surface area contributed by atoms with Crippen LogP contribution < -0.4 is 4.72 Å². The van der Waals surface area contributed by atoms with Gasteiger partial charge in [0.25, 0.3) is 10.0 Å². The molecule has 1 aromatic heterocycles. The third-order valence-electron chi connectivity index (χ3n) is 3.54. The van der Waals surface area contributed by atoms with Crippen LogP contribution in [-0.2, 0) is 10.0 Å². The molecule has 22 heavy (non-hydrogen) atoms. The van der Waals surface area contributed by atoms with Crippen molar-refractivity contribution in [2.24, 2.45) is 0 Å². The van der Waals surface area contributed by atoms with Crippen molar-refractivity contribution >= 4 is 26.8 Å². The lowest BCUT2D eigenvalue weighted by Gasteiger charge is -2.09. The minimum atomic E-state index is -3.66. The molecule has 0 saturated carbocycles. The Balaban J connectivity index is 1.98. The number of nitrogens with zero attached hydrogens (tertiary/aromatic N) is 1. The molecule has 0 radical (unpaired) electrons. The fourth-order valence-corrected chi connectivity index (χ4v) is 3.28. The highest BCUT2D eigenvalue weighted by Gasteiger charge is 2.16. The summed E-state index contributed by atoms with van der Waals surface area (Å²) in [6.07, 6.45) is 0. The third kappa shape index (κ3) is 2.69. The number of oxazole rings is 1. The smallest absolute Gasteiger partial charge is 0.261 e. The van der Waals surface area contributed by atoms with Crippen molar-refractivity contribution in [3.63, 3.8) is 0 Å². The minimum absolute atomic E-state index is 0.159. The van der Waals surface area contributed by atoms with E-state index in [0.29, 0.717) is 22.7 Å². The van der Waals surface area contributed by atoms with E-state index in [2.05, 4.69) is 9.71 Å². The van der Waals surface area contributed by atoms with E-state index in [-0.39, 0.29) is 4.90 Å². The summed E-state index contributed by atoms with van der Waals surface area (Å²) in [6, 6.07) is 10.1. The SMILES string of the molecule is Cc1nc2cc(S(=O)(=O)Nc3ccc(C)c(C)c3)ccc2o1. The standard InChI is InChI=1S/C16H16N2O3S/c1-10-4-5-13(8-11(10)2)18-22(19,20)14-6-7-16-15(9-14)17-12(3)21-16/h4-9,18H,1-3H3. The maximum atomic E-state index is 12.5. The Morgan fingerprint density at radius 2 is 1.77 bits per heavy atom. The molecule has 0 aliphatic heterocycles. The number of aromatic nitrogens is 1. The number of anilines is 1. The number of aryl methyl sites for hydroxylation is 3. The van der Waals surface area contributed by atoms with Crippen LogP contribution in [0.4, 0.5) is 5.69 Å². The predicted octanol–water partition coefficient (Wildman–Crippen LogP) is 3.55. The average molecular weight is 316 g/mol. The number of sulfonamides is 1. The second-order valence-electron chi connectivity index (χ2n) is 5.27. The van der Waals surface area contributed by atoms with Crippen LogP contribution in [0.1, 0.15) is 17.0 Å². The van der Waals surface area contributed by atoms with Crippen molar-refractivity contribution in [3.8, 4) is 0 Å². The van der Waals surface area contributed by atoms with Gasteiger partial charge in [-0.2, -0.15) is 0 Å². The van der Waals surface area contributed by atoms with E-state index in [0.717, 1.165) is 11.1 Å². The Labute approximate surface area is 129 Å². The Bertz CT molecular complexity index is 959. The number of rotatable bonds is 3. The van der Waals surface area contributed by atoms with Crippen LogP contribution in [0.3, 0.4) is 0 Å². The van der Waals surface area contributed by atoms with Gasteiger partial charge < -0.3 is 4.42 Å². The summed E-state index contributed by atoms with van der Waals surface area (Å²) in [5.74, 6) is 0.506. The largest absolute Gasteiger partial charge is 0.441 e. The first-order valence-electron chi connectivity index (χ1n) is 6.82. The van der Waals surface area contributed by atoms with Gasteiger partial charge >= 0.3 is 0 Å². The molecule has 0 bridgehead atoms. The molecule has 114 valence electrons. The van der Waals surface area contributed by atoms with Crippen molar-refractivity contribution in [1.82, 2.24) is 4.98 Å². The van der Waals surface area contributed by atoms with E-state index in [9.17, 15) is 8.42 Å². The second kappa shape index (κ2) is 5.14. The van der Waals surface area contributed by atoms with Gasteiger partial charge in [0.2, 0.25) is 0 Å². The molecule has 0 spiro atoms. The summed E-state index contributed by atoms with van der Waals surface area (Å²) < 4.78 is 32.9. The molecule has 0 amide bonds. The van der Waals surface area contributed by atoms with Crippen LogP contribution in [0.5, 0.6) is 0 Å². The van der Waals surface area contributed by atoms with E-state index < -0.39 is 10.0 Å². The molecule has 3 rings (SSSR count). The summed E-state index contributed by atoms with van der Waals surface area (Å²) in [5, 5.41) is 0. The molecule has 0 atom stereocenters. The van der Waals surface area contributed by atoms with Crippen LogP contribution >= 0.6 is 0 Å². The lowest BCUT2D eigenvalue weighted by atomic mass is 10.1. The summed E-state index contributed by atoms with van der Waals surface area (Å²) in [5.41, 5.74) is 3.79. The molecule has 0 aliphatic rings. The Morgan fingerprint density at radius 3 is 2.50 bits per heavy atom. The topological polar surface area (TPSA) is 72.2 Å². The molecule has 0 aliphatic carbocycles. The lowest BCUT2D eigenvalue weighted by molar-refractivity contribution is 0.561. The molecular formula is C16H16N2O3S. The Kier molecular flexibility index (Phi) is 3.41. The number of hydrogen-bond acceptors (Lipinski definition) is 4. The Morgan fingerprint density at radius 1 is 1.00 bits per heavy atom. The molecule has 6 heteroatoms. The normalized spacial score (nSPS) is 11.8. The first-order chi connectivity index (χ1) is 10.3. The summed E-state index contributed by atoms with van der Waals surface area (Å²) in [4.78, 5) is 4.32. The molecule has 1 N–H and O–H groups in total. The van der Waals surface area contributed by atoms with Gasteiger partial charge in [0, 0.05) is 12.6 Å². The zero-order chi connectivity index (χ0) is 15.9. The molecule has 5 nitrogen and oxygen atoms in total. The average Bonchev–Trinajstić information content (AvgIpc) is 2.81. The number of benzene rings is 2. The van der Waals surface area contributed by atoms with Crippen LogP contribution in [0.25, 0.3) is 11.1 Å². The fourth-order valence-electron chi connectivity index (χ4n) is 2.21. The quantitative estimate of drug-likeness (QED) is 0.802. The summed E-state index contributed by atoms with van der Waals surface area (Å²) >= 11 is 0. The van der Waals surface area contributed by atoms with Gasteiger partial charge in [-0.3, -0.25) is 4.72 Å². The molecule has 0 saturated heterocycles. The highest BCUT2D eigenvalue weighted by atomic mass is 32.2. The van der Waals surface area contributed by atoms with Gasteiger partial charge in [0.05, 0.1) is 4.90 Å². The van der Waals surface area contributed by atoms with Crippen LogP contribution in [-0.4, -0.2) is 13.4 Å². The van der Waals surface area contributed by atoms with Crippen molar-refractivity contribution in [2.45, 2.75) is 25.7 Å². The van der Waals surface area contributed by atoms with Gasteiger partial charge in [0.1, 0.15) is 5.52 Å². The van der Waals surface area contributed by atoms with Crippen LogP contribution in [0, 0.1) is 20.8 Å². The zero-order valence-electron chi connectivity index (χ0n) is 12.5. The third-order valence-corrected chi connectivity index (χ3v) is 4.91. The maximum absolute atomic E-state index is 12.5.